The number of halogens is 3. The average Bonchev–Trinajstić information content (AvgIpc) is 2.82. The molecule has 3 aromatic heterocycles. The van der Waals surface area contributed by atoms with E-state index in [2.05, 4.69) is 25.3 Å². The Morgan fingerprint density at radius 3 is 2.68 bits per heavy atom. The molecule has 0 aliphatic heterocycles. The minimum atomic E-state index is -4.50. The van der Waals surface area contributed by atoms with Crippen molar-refractivity contribution >= 4 is 17.1 Å². The van der Waals surface area contributed by atoms with Gasteiger partial charge in [0, 0.05) is 19.4 Å². The van der Waals surface area contributed by atoms with Crippen LogP contribution in [0.1, 0.15) is 11.5 Å². The zero-order valence-corrected chi connectivity index (χ0v) is 11.5. The van der Waals surface area contributed by atoms with Gasteiger partial charge in [-0.15, -0.1) is 0 Å². The monoisotopic (exact) mass is 308 g/mol. The van der Waals surface area contributed by atoms with E-state index in [1.807, 2.05) is 6.07 Å². The molecule has 0 aliphatic rings. The van der Waals surface area contributed by atoms with Crippen LogP contribution in [0.15, 0.2) is 30.6 Å². The third-order valence-corrected chi connectivity index (χ3v) is 3.07. The van der Waals surface area contributed by atoms with E-state index in [9.17, 15) is 13.2 Å². The molecule has 1 N–H and O–H groups in total. The molecule has 3 heterocycles. The summed E-state index contributed by atoms with van der Waals surface area (Å²) in [6, 6.07) is 4.40. The van der Waals surface area contributed by atoms with Crippen molar-refractivity contribution in [2.75, 3.05) is 5.32 Å². The lowest BCUT2D eigenvalue weighted by atomic mass is 10.4. The Morgan fingerprint density at radius 2 is 1.95 bits per heavy atom. The standard InChI is InChI=1S/C13H11F3N6/c1-22-10(20-8-3-2-5-17-11(8)22)7-19-12-18-6-4-9(21-12)13(14,15)16/h2-6H,7H2,1H3,(H,18,19,21). The van der Waals surface area contributed by atoms with Crippen molar-refractivity contribution in [2.24, 2.45) is 7.05 Å². The summed E-state index contributed by atoms with van der Waals surface area (Å²) in [6.07, 6.45) is -1.78. The zero-order chi connectivity index (χ0) is 15.7. The molecule has 0 unspecified atom stereocenters. The normalized spacial score (nSPS) is 11.8. The molecular formula is C13H11F3N6. The molecule has 0 amide bonds. The molecule has 22 heavy (non-hydrogen) atoms. The Bertz CT molecular complexity index is 811. The minimum absolute atomic E-state index is 0.102. The molecule has 9 heteroatoms. The largest absolute Gasteiger partial charge is 0.433 e. The van der Waals surface area contributed by atoms with Crippen molar-refractivity contribution in [3.8, 4) is 0 Å². The quantitative estimate of drug-likeness (QED) is 0.804. The molecule has 114 valence electrons. The van der Waals surface area contributed by atoms with Gasteiger partial charge in [0.05, 0.1) is 6.54 Å². The smallest absolute Gasteiger partial charge is 0.347 e. The van der Waals surface area contributed by atoms with Crippen molar-refractivity contribution in [1.29, 1.82) is 0 Å². The van der Waals surface area contributed by atoms with E-state index in [-0.39, 0.29) is 12.5 Å². The van der Waals surface area contributed by atoms with Gasteiger partial charge in [0.2, 0.25) is 5.95 Å². The van der Waals surface area contributed by atoms with Crippen LogP contribution in [0, 0.1) is 0 Å². The van der Waals surface area contributed by atoms with Gasteiger partial charge in [0.15, 0.2) is 5.65 Å². The second-order valence-corrected chi connectivity index (χ2v) is 4.55. The Hall–Kier alpha value is -2.71. The van der Waals surface area contributed by atoms with Crippen LogP contribution in [0.4, 0.5) is 19.1 Å². The number of anilines is 1. The Morgan fingerprint density at radius 1 is 1.14 bits per heavy atom. The SMILES string of the molecule is Cn1c(CNc2nccc(C(F)(F)F)n2)nc2cccnc21. The number of imidazole rings is 1. The number of alkyl halides is 3. The third-order valence-electron chi connectivity index (χ3n) is 3.07. The van der Waals surface area contributed by atoms with Crippen LogP contribution in [-0.4, -0.2) is 24.5 Å². The molecule has 0 bridgehead atoms. The van der Waals surface area contributed by atoms with E-state index in [0.29, 0.717) is 17.0 Å². The highest BCUT2D eigenvalue weighted by Gasteiger charge is 2.32. The van der Waals surface area contributed by atoms with Gasteiger partial charge >= 0.3 is 6.18 Å². The van der Waals surface area contributed by atoms with Gasteiger partial charge in [0.1, 0.15) is 17.0 Å². The summed E-state index contributed by atoms with van der Waals surface area (Å²) in [7, 11) is 1.78. The van der Waals surface area contributed by atoms with Crippen LogP contribution in [0.2, 0.25) is 0 Å². The van der Waals surface area contributed by atoms with Crippen molar-refractivity contribution < 1.29 is 13.2 Å². The maximum Gasteiger partial charge on any atom is 0.433 e. The molecule has 6 nitrogen and oxygen atoms in total. The van der Waals surface area contributed by atoms with E-state index in [1.165, 1.54) is 0 Å². The molecule has 0 saturated carbocycles. The summed E-state index contributed by atoms with van der Waals surface area (Å²) in [5.74, 6) is 0.518. The van der Waals surface area contributed by atoms with Crippen LogP contribution in [0.25, 0.3) is 11.2 Å². The predicted octanol–water partition coefficient (Wildman–Crippen LogP) is 2.39. The van der Waals surface area contributed by atoms with Crippen molar-refractivity contribution in [3.63, 3.8) is 0 Å². The first-order chi connectivity index (χ1) is 10.4. The van der Waals surface area contributed by atoms with Gasteiger partial charge in [-0.25, -0.2) is 19.9 Å². The predicted molar refractivity (Wildman–Crippen MR) is 72.9 cm³/mol. The average molecular weight is 308 g/mol. The number of aryl methyl sites for hydroxylation is 1. The number of fused-ring (bicyclic) bond motifs is 1. The summed E-state index contributed by atoms with van der Waals surface area (Å²) in [5, 5.41) is 2.74. The lowest BCUT2D eigenvalue weighted by Gasteiger charge is -2.08. The fraction of sp³-hybridized carbons (Fsp3) is 0.231. The zero-order valence-electron chi connectivity index (χ0n) is 11.5. The summed E-state index contributed by atoms with van der Waals surface area (Å²) in [6.45, 7) is 0.189. The van der Waals surface area contributed by atoms with Gasteiger partial charge < -0.3 is 9.88 Å². The number of nitrogens with zero attached hydrogens (tertiary/aromatic N) is 5. The van der Waals surface area contributed by atoms with Crippen LogP contribution in [-0.2, 0) is 19.8 Å². The second kappa shape index (κ2) is 5.24. The molecule has 3 aromatic rings. The molecule has 0 fully saturated rings. The van der Waals surface area contributed by atoms with E-state index in [4.69, 9.17) is 0 Å². The highest BCUT2D eigenvalue weighted by atomic mass is 19.4. The third kappa shape index (κ3) is 2.69. The molecule has 0 radical (unpaired) electrons. The topological polar surface area (TPSA) is 68.5 Å². The van der Waals surface area contributed by atoms with Crippen molar-refractivity contribution in [1.82, 2.24) is 24.5 Å². The number of pyridine rings is 1. The highest BCUT2D eigenvalue weighted by molar-refractivity contribution is 5.71. The molecule has 0 aromatic carbocycles. The number of aromatic nitrogens is 5. The van der Waals surface area contributed by atoms with Crippen molar-refractivity contribution in [3.05, 3.63) is 42.1 Å². The molecular weight excluding hydrogens is 297 g/mol. The summed E-state index contributed by atoms with van der Waals surface area (Å²) >= 11 is 0. The van der Waals surface area contributed by atoms with E-state index in [1.54, 1.807) is 23.9 Å². The van der Waals surface area contributed by atoms with E-state index in [0.717, 1.165) is 12.3 Å². The van der Waals surface area contributed by atoms with Gasteiger partial charge in [-0.05, 0) is 18.2 Å². The summed E-state index contributed by atoms with van der Waals surface area (Å²) < 4.78 is 39.5. The van der Waals surface area contributed by atoms with Crippen LogP contribution in [0.5, 0.6) is 0 Å². The Labute approximate surface area is 123 Å². The van der Waals surface area contributed by atoms with Gasteiger partial charge in [0.25, 0.3) is 0 Å². The highest BCUT2D eigenvalue weighted by Crippen LogP contribution is 2.27. The van der Waals surface area contributed by atoms with Crippen LogP contribution in [0.3, 0.4) is 0 Å². The second-order valence-electron chi connectivity index (χ2n) is 4.55. The van der Waals surface area contributed by atoms with Gasteiger partial charge in [-0.1, -0.05) is 0 Å². The Balaban J connectivity index is 1.81. The first kappa shape index (κ1) is 14.2. The van der Waals surface area contributed by atoms with Gasteiger partial charge in [-0.3, -0.25) is 0 Å². The first-order valence-corrected chi connectivity index (χ1v) is 6.35. The number of hydrogen-bond acceptors (Lipinski definition) is 5. The fourth-order valence-corrected chi connectivity index (χ4v) is 1.99. The molecule has 0 aliphatic carbocycles. The molecule has 0 atom stereocenters. The Kier molecular flexibility index (Phi) is 3.39. The number of nitrogens with one attached hydrogen (secondary N) is 1. The summed E-state index contributed by atoms with van der Waals surface area (Å²) in [5.41, 5.74) is 0.424. The van der Waals surface area contributed by atoms with E-state index < -0.39 is 11.9 Å². The van der Waals surface area contributed by atoms with Gasteiger partial charge in [-0.2, -0.15) is 13.2 Å². The van der Waals surface area contributed by atoms with E-state index >= 15 is 0 Å². The lowest BCUT2D eigenvalue weighted by Crippen LogP contribution is -2.12. The number of hydrogen-bond donors (Lipinski definition) is 1. The maximum absolute atomic E-state index is 12.6. The number of rotatable bonds is 3. The lowest BCUT2D eigenvalue weighted by molar-refractivity contribution is -0.141. The fourth-order valence-electron chi connectivity index (χ4n) is 1.99. The minimum Gasteiger partial charge on any atom is -0.347 e. The van der Waals surface area contributed by atoms with Crippen LogP contribution >= 0.6 is 0 Å². The maximum atomic E-state index is 12.6. The molecule has 0 saturated heterocycles. The molecule has 0 spiro atoms. The van der Waals surface area contributed by atoms with Crippen LogP contribution < -0.4 is 5.32 Å². The van der Waals surface area contributed by atoms with Crippen molar-refractivity contribution in [2.45, 2.75) is 12.7 Å². The summed E-state index contributed by atoms with van der Waals surface area (Å²) in [4.78, 5) is 15.8. The molecule has 3 rings (SSSR count). The first-order valence-electron chi connectivity index (χ1n) is 6.35.